The van der Waals surface area contributed by atoms with Gasteiger partial charge in [0.05, 0.1) is 6.61 Å². The van der Waals surface area contributed by atoms with Crippen molar-refractivity contribution in [2.24, 2.45) is 0 Å². The molecular weight excluding hydrogens is 280 g/mol. The normalized spacial score (nSPS) is 32.5. The second-order valence-electron chi connectivity index (χ2n) is 5.29. The Balaban J connectivity index is 2.54. The molecule has 0 bridgehead atoms. The van der Waals surface area contributed by atoms with Crippen LogP contribution >= 0.6 is 0 Å². The van der Waals surface area contributed by atoms with E-state index in [1.807, 2.05) is 6.92 Å². The predicted octanol–water partition coefficient (Wildman–Crippen LogP) is -1.79. The third-order valence-corrected chi connectivity index (χ3v) is 3.82. The zero-order valence-corrected chi connectivity index (χ0v) is 12.0. The molecule has 8 heteroatoms. The maximum Gasteiger partial charge on any atom is 0.333 e. The van der Waals surface area contributed by atoms with E-state index in [1.54, 1.807) is 0 Å². The number of rotatable bonds is 4. The molecule has 0 amide bonds. The predicted molar refractivity (Wildman–Crippen MR) is 72.9 cm³/mol. The zero-order chi connectivity index (χ0) is 15.8. The molecule has 0 aromatic carbocycles. The van der Waals surface area contributed by atoms with Crippen molar-refractivity contribution >= 4 is 0 Å². The van der Waals surface area contributed by atoms with Crippen LogP contribution in [0.15, 0.2) is 21.9 Å². The van der Waals surface area contributed by atoms with Crippen molar-refractivity contribution in [3.63, 3.8) is 0 Å². The first kappa shape index (κ1) is 15.9. The van der Waals surface area contributed by atoms with Gasteiger partial charge >= 0.3 is 5.69 Å². The van der Waals surface area contributed by atoms with Crippen LogP contribution in [0.4, 0.5) is 0 Å². The summed E-state index contributed by atoms with van der Waals surface area (Å²) in [4.78, 5) is 24.1. The minimum atomic E-state index is -1.55. The fourth-order valence-electron chi connectivity index (χ4n) is 2.59. The summed E-state index contributed by atoms with van der Waals surface area (Å²) in [5.74, 6) is 0. The van der Waals surface area contributed by atoms with Crippen molar-refractivity contribution in [2.75, 3.05) is 6.61 Å². The van der Waals surface area contributed by atoms with Crippen LogP contribution in [0.2, 0.25) is 0 Å². The van der Waals surface area contributed by atoms with Gasteiger partial charge in [-0.15, -0.1) is 0 Å². The standard InChI is InChI=1S/C13H20N2O6/c1-3-5-14-9(17)4-6-15(12(14)20)13(2)11(19)10(18)8(7-16)21-13/h4,6,8,10-11,16,18-19H,3,5,7H2,1-2H3/t8-,10-,11-,13-/m1/s1. The van der Waals surface area contributed by atoms with Gasteiger partial charge in [-0.25, -0.2) is 4.79 Å². The molecule has 1 fully saturated rings. The molecule has 1 aliphatic rings. The number of hydrogen-bond donors (Lipinski definition) is 3. The van der Waals surface area contributed by atoms with E-state index in [9.17, 15) is 19.8 Å². The van der Waals surface area contributed by atoms with Gasteiger partial charge in [-0.1, -0.05) is 6.92 Å². The van der Waals surface area contributed by atoms with E-state index in [-0.39, 0.29) is 6.54 Å². The Morgan fingerprint density at radius 3 is 2.57 bits per heavy atom. The first-order valence-corrected chi connectivity index (χ1v) is 6.84. The third kappa shape index (κ3) is 2.44. The highest BCUT2D eigenvalue weighted by atomic mass is 16.6. The molecule has 8 nitrogen and oxygen atoms in total. The van der Waals surface area contributed by atoms with Crippen molar-refractivity contribution in [1.29, 1.82) is 0 Å². The van der Waals surface area contributed by atoms with Crippen molar-refractivity contribution in [1.82, 2.24) is 9.13 Å². The fourth-order valence-corrected chi connectivity index (χ4v) is 2.59. The molecule has 1 saturated heterocycles. The minimum absolute atomic E-state index is 0.247. The summed E-state index contributed by atoms with van der Waals surface area (Å²) in [6.45, 7) is 3.02. The van der Waals surface area contributed by atoms with Crippen LogP contribution in [0.1, 0.15) is 20.3 Å². The van der Waals surface area contributed by atoms with Crippen LogP contribution in [0.25, 0.3) is 0 Å². The van der Waals surface area contributed by atoms with Gasteiger partial charge in [0.25, 0.3) is 5.56 Å². The van der Waals surface area contributed by atoms with Gasteiger partial charge in [-0.05, 0) is 13.3 Å². The average Bonchev–Trinajstić information content (AvgIpc) is 2.68. The van der Waals surface area contributed by atoms with E-state index in [2.05, 4.69) is 0 Å². The van der Waals surface area contributed by atoms with E-state index in [0.29, 0.717) is 6.42 Å². The Kier molecular flexibility index (Phi) is 4.33. The number of nitrogens with zero attached hydrogens (tertiary/aromatic N) is 2. The van der Waals surface area contributed by atoms with Gasteiger partial charge in [0, 0.05) is 18.8 Å². The van der Waals surface area contributed by atoms with Gasteiger partial charge in [-0.3, -0.25) is 13.9 Å². The van der Waals surface area contributed by atoms with Crippen LogP contribution in [-0.4, -0.2) is 49.4 Å². The Bertz CT molecular complexity index is 624. The van der Waals surface area contributed by atoms with Crippen LogP contribution in [0, 0.1) is 0 Å². The minimum Gasteiger partial charge on any atom is -0.394 e. The molecule has 0 unspecified atom stereocenters. The maximum atomic E-state index is 12.4. The second kappa shape index (κ2) is 5.72. The number of aromatic nitrogens is 2. The SMILES string of the molecule is CCCn1c(=O)ccn([C@]2(C)O[C@H](CO)[C@@H](O)[C@H]2O)c1=O. The number of ether oxygens (including phenoxy) is 1. The summed E-state index contributed by atoms with van der Waals surface area (Å²) < 4.78 is 7.58. The number of hydrogen-bond acceptors (Lipinski definition) is 6. The molecule has 2 heterocycles. The summed E-state index contributed by atoms with van der Waals surface area (Å²) in [6, 6.07) is 1.21. The van der Waals surface area contributed by atoms with E-state index >= 15 is 0 Å². The van der Waals surface area contributed by atoms with E-state index in [0.717, 1.165) is 9.13 Å². The summed E-state index contributed by atoms with van der Waals surface area (Å²) in [5.41, 5.74) is -2.61. The van der Waals surface area contributed by atoms with Crippen LogP contribution in [0.5, 0.6) is 0 Å². The quantitative estimate of drug-likeness (QED) is 0.605. The molecule has 1 aliphatic heterocycles. The molecule has 1 aromatic heterocycles. The van der Waals surface area contributed by atoms with Gasteiger partial charge in [0.1, 0.15) is 18.3 Å². The molecule has 3 N–H and O–H groups in total. The van der Waals surface area contributed by atoms with E-state index in [4.69, 9.17) is 9.84 Å². The van der Waals surface area contributed by atoms with E-state index in [1.165, 1.54) is 19.2 Å². The average molecular weight is 300 g/mol. The maximum absolute atomic E-state index is 12.4. The van der Waals surface area contributed by atoms with Crippen LogP contribution < -0.4 is 11.2 Å². The van der Waals surface area contributed by atoms with Crippen LogP contribution in [-0.2, 0) is 17.0 Å². The second-order valence-corrected chi connectivity index (χ2v) is 5.29. The Labute approximate surface area is 120 Å². The molecule has 2 rings (SSSR count). The summed E-state index contributed by atoms with van der Waals surface area (Å²) in [7, 11) is 0. The topological polar surface area (TPSA) is 114 Å². The zero-order valence-electron chi connectivity index (χ0n) is 12.0. The first-order valence-electron chi connectivity index (χ1n) is 6.84. The van der Waals surface area contributed by atoms with Crippen molar-refractivity contribution in [3.8, 4) is 0 Å². The lowest BCUT2D eigenvalue weighted by atomic mass is 10.0. The van der Waals surface area contributed by atoms with Gasteiger partial charge in [-0.2, -0.15) is 0 Å². The highest BCUT2D eigenvalue weighted by molar-refractivity contribution is 5.00. The largest absolute Gasteiger partial charge is 0.394 e. The first-order chi connectivity index (χ1) is 9.86. The van der Waals surface area contributed by atoms with Crippen molar-refractivity contribution in [3.05, 3.63) is 33.1 Å². The molecule has 0 radical (unpaired) electrons. The fraction of sp³-hybridized carbons (Fsp3) is 0.692. The molecule has 0 spiro atoms. The lowest BCUT2D eigenvalue weighted by Gasteiger charge is -2.30. The lowest BCUT2D eigenvalue weighted by Crippen LogP contribution is -2.52. The molecule has 4 atom stereocenters. The summed E-state index contributed by atoms with van der Waals surface area (Å²) >= 11 is 0. The van der Waals surface area contributed by atoms with Crippen molar-refractivity contribution in [2.45, 2.75) is 50.8 Å². The van der Waals surface area contributed by atoms with Gasteiger partial charge in [0.15, 0.2) is 5.72 Å². The number of aliphatic hydroxyl groups is 3. The van der Waals surface area contributed by atoms with Gasteiger partial charge < -0.3 is 20.1 Å². The Morgan fingerprint density at radius 1 is 1.38 bits per heavy atom. The highest BCUT2D eigenvalue weighted by Gasteiger charge is 2.52. The summed E-state index contributed by atoms with van der Waals surface area (Å²) in [5, 5.41) is 29.2. The molecule has 1 aromatic rings. The third-order valence-electron chi connectivity index (χ3n) is 3.82. The monoisotopic (exact) mass is 300 g/mol. The van der Waals surface area contributed by atoms with Crippen molar-refractivity contribution < 1.29 is 20.1 Å². The summed E-state index contributed by atoms with van der Waals surface area (Å²) in [6.07, 6.45) is -1.89. The smallest absolute Gasteiger partial charge is 0.333 e. The van der Waals surface area contributed by atoms with E-state index < -0.39 is 41.9 Å². The Morgan fingerprint density at radius 2 is 2.05 bits per heavy atom. The highest BCUT2D eigenvalue weighted by Crippen LogP contribution is 2.33. The Hall–Kier alpha value is -1.48. The molecule has 118 valence electrons. The van der Waals surface area contributed by atoms with Crippen LogP contribution in [0.3, 0.4) is 0 Å². The molecule has 21 heavy (non-hydrogen) atoms. The molecule has 0 saturated carbocycles. The van der Waals surface area contributed by atoms with Gasteiger partial charge in [0.2, 0.25) is 0 Å². The molecular formula is C13H20N2O6. The lowest BCUT2D eigenvalue weighted by molar-refractivity contribution is -0.137. The molecule has 0 aliphatic carbocycles. The number of aliphatic hydroxyl groups excluding tert-OH is 3.